The van der Waals surface area contributed by atoms with Crippen molar-refractivity contribution in [3.8, 4) is 0 Å². The number of nitrogens with zero attached hydrogens (tertiary/aromatic N) is 2. The molecule has 1 aliphatic heterocycles. The van der Waals surface area contributed by atoms with Gasteiger partial charge in [-0.3, -0.25) is 0 Å². The molecule has 0 aromatic carbocycles. The van der Waals surface area contributed by atoms with Crippen LogP contribution in [0.5, 0.6) is 0 Å². The second kappa shape index (κ2) is 7.41. The molecule has 0 unspecified atom stereocenters. The van der Waals surface area contributed by atoms with E-state index in [-0.39, 0.29) is 0 Å². The molecule has 2 aliphatic rings. The summed E-state index contributed by atoms with van der Waals surface area (Å²) in [5, 5.41) is 3.46. The maximum atomic E-state index is 5.64. The lowest BCUT2D eigenvalue weighted by molar-refractivity contribution is 0.129. The van der Waals surface area contributed by atoms with Gasteiger partial charge in [-0.2, -0.15) is 0 Å². The molecule has 1 aromatic rings. The molecule has 1 aliphatic carbocycles. The number of hydrogen-bond acceptors (Lipinski definition) is 3. The highest BCUT2D eigenvalue weighted by molar-refractivity contribution is 5.22. The molecule has 0 atom stereocenters. The minimum absolute atomic E-state index is 0.701. The molecule has 2 heterocycles. The van der Waals surface area contributed by atoms with Crippen LogP contribution in [-0.4, -0.2) is 29.3 Å². The Morgan fingerprint density at radius 1 is 1.29 bits per heavy atom. The molecule has 1 aromatic heterocycles. The smallest absolute Gasteiger partial charge is 0.112 e. The quantitative estimate of drug-likeness (QED) is 0.785. The van der Waals surface area contributed by atoms with E-state index < -0.39 is 0 Å². The van der Waals surface area contributed by atoms with Gasteiger partial charge in [-0.15, -0.1) is 0 Å². The molecule has 118 valence electrons. The Morgan fingerprint density at radius 3 is 2.95 bits per heavy atom. The fourth-order valence-corrected chi connectivity index (χ4v) is 3.71. The molecule has 4 nitrogen and oxygen atoms in total. The zero-order valence-electron chi connectivity index (χ0n) is 13.4. The Hall–Kier alpha value is -0.870. The Labute approximate surface area is 128 Å². The highest BCUT2D eigenvalue weighted by Crippen LogP contribution is 2.35. The summed E-state index contributed by atoms with van der Waals surface area (Å²) < 4.78 is 8.19. The summed E-state index contributed by atoms with van der Waals surface area (Å²) >= 11 is 0. The van der Waals surface area contributed by atoms with Crippen LogP contribution in [0.1, 0.15) is 68.6 Å². The molecule has 0 radical (unpaired) electrons. The van der Waals surface area contributed by atoms with Gasteiger partial charge in [0.25, 0.3) is 0 Å². The van der Waals surface area contributed by atoms with Crippen molar-refractivity contribution in [2.75, 3.05) is 19.8 Å². The van der Waals surface area contributed by atoms with E-state index in [0.717, 1.165) is 52.1 Å². The van der Waals surface area contributed by atoms with Gasteiger partial charge in [-0.05, 0) is 25.7 Å². The van der Waals surface area contributed by atoms with Crippen LogP contribution >= 0.6 is 0 Å². The van der Waals surface area contributed by atoms with Gasteiger partial charge < -0.3 is 14.6 Å². The first-order valence-corrected chi connectivity index (χ1v) is 8.76. The standard InChI is InChI=1S/C17H29N3O/c1-2-11-21-12-5-10-20-16-8-9-18-13-15(16)19-17(20)14-6-3-4-7-14/h14,18H,2-13H2,1H3. The average molecular weight is 291 g/mol. The minimum atomic E-state index is 0.701. The Morgan fingerprint density at radius 2 is 2.14 bits per heavy atom. The zero-order valence-corrected chi connectivity index (χ0v) is 13.4. The molecule has 3 rings (SSSR count). The van der Waals surface area contributed by atoms with Gasteiger partial charge >= 0.3 is 0 Å². The van der Waals surface area contributed by atoms with Crippen molar-refractivity contribution in [2.24, 2.45) is 0 Å². The van der Waals surface area contributed by atoms with Crippen LogP contribution in [0.15, 0.2) is 0 Å². The van der Waals surface area contributed by atoms with E-state index in [4.69, 9.17) is 9.72 Å². The summed E-state index contributed by atoms with van der Waals surface area (Å²) in [6.45, 7) is 7.06. The first-order chi connectivity index (χ1) is 10.4. The molecule has 0 spiro atoms. The summed E-state index contributed by atoms with van der Waals surface area (Å²) in [6.07, 6.45) is 8.76. The number of ether oxygens (including phenoxy) is 1. The predicted octanol–water partition coefficient (Wildman–Crippen LogP) is 3.00. The van der Waals surface area contributed by atoms with Crippen LogP contribution in [0.2, 0.25) is 0 Å². The SMILES string of the molecule is CCCOCCCn1c(C2CCCC2)nc2c1CCNC2. The molecule has 1 N–H and O–H groups in total. The van der Waals surface area contributed by atoms with Crippen molar-refractivity contribution >= 4 is 0 Å². The van der Waals surface area contributed by atoms with Crippen LogP contribution in [0.3, 0.4) is 0 Å². The second-order valence-electron chi connectivity index (χ2n) is 6.39. The lowest BCUT2D eigenvalue weighted by Crippen LogP contribution is -2.25. The third-order valence-corrected chi connectivity index (χ3v) is 4.76. The van der Waals surface area contributed by atoms with Gasteiger partial charge in [-0.25, -0.2) is 4.98 Å². The van der Waals surface area contributed by atoms with Gasteiger partial charge in [-0.1, -0.05) is 19.8 Å². The highest BCUT2D eigenvalue weighted by Gasteiger charge is 2.26. The van der Waals surface area contributed by atoms with Crippen LogP contribution in [0.25, 0.3) is 0 Å². The van der Waals surface area contributed by atoms with E-state index >= 15 is 0 Å². The summed E-state index contributed by atoms with van der Waals surface area (Å²) in [5.74, 6) is 2.07. The topological polar surface area (TPSA) is 39.1 Å². The fraction of sp³-hybridized carbons (Fsp3) is 0.824. The maximum Gasteiger partial charge on any atom is 0.112 e. The van der Waals surface area contributed by atoms with E-state index in [1.54, 1.807) is 0 Å². The van der Waals surface area contributed by atoms with E-state index in [1.807, 2.05) is 0 Å². The summed E-state index contributed by atoms with van der Waals surface area (Å²) in [6, 6.07) is 0. The maximum absolute atomic E-state index is 5.64. The number of fused-ring (bicyclic) bond motifs is 1. The van der Waals surface area contributed by atoms with Crippen molar-refractivity contribution in [1.82, 2.24) is 14.9 Å². The molecular formula is C17H29N3O. The molecular weight excluding hydrogens is 262 g/mol. The Kier molecular flexibility index (Phi) is 5.31. The molecule has 0 bridgehead atoms. The van der Waals surface area contributed by atoms with Gasteiger partial charge in [0.1, 0.15) is 5.82 Å². The number of aromatic nitrogens is 2. The molecule has 1 fully saturated rings. The summed E-state index contributed by atoms with van der Waals surface area (Å²) in [7, 11) is 0. The number of hydrogen-bond donors (Lipinski definition) is 1. The first kappa shape index (κ1) is 15.0. The van der Waals surface area contributed by atoms with Crippen LogP contribution < -0.4 is 5.32 Å². The fourth-order valence-electron chi connectivity index (χ4n) is 3.71. The van der Waals surface area contributed by atoms with Gasteiger partial charge in [0.15, 0.2) is 0 Å². The monoisotopic (exact) mass is 291 g/mol. The van der Waals surface area contributed by atoms with E-state index in [0.29, 0.717) is 5.92 Å². The van der Waals surface area contributed by atoms with Crippen LogP contribution in [0.4, 0.5) is 0 Å². The Balaban J connectivity index is 1.70. The van der Waals surface area contributed by atoms with Crippen molar-refractivity contribution in [3.05, 3.63) is 17.2 Å². The van der Waals surface area contributed by atoms with Crippen molar-refractivity contribution in [1.29, 1.82) is 0 Å². The molecule has 21 heavy (non-hydrogen) atoms. The van der Waals surface area contributed by atoms with E-state index in [1.165, 1.54) is 42.9 Å². The van der Waals surface area contributed by atoms with Gasteiger partial charge in [0.2, 0.25) is 0 Å². The number of rotatable bonds is 7. The van der Waals surface area contributed by atoms with E-state index in [9.17, 15) is 0 Å². The molecule has 0 saturated heterocycles. The average Bonchev–Trinajstić information content (AvgIpc) is 3.14. The lowest BCUT2D eigenvalue weighted by atomic mass is 10.1. The van der Waals surface area contributed by atoms with Crippen LogP contribution in [-0.2, 0) is 24.2 Å². The van der Waals surface area contributed by atoms with Crippen molar-refractivity contribution in [2.45, 2.75) is 70.9 Å². The van der Waals surface area contributed by atoms with Gasteiger partial charge in [0, 0.05) is 50.9 Å². The highest BCUT2D eigenvalue weighted by atomic mass is 16.5. The van der Waals surface area contributed by atoms with Crippen LogP contribution in [0, 0.1) is 0 Å². The first-order valence-electron chi connectivity index (χ1n) is 8.76. The molecule has 1 saturated carbocycles. The molecule has 0 amide bonds. The normalized spacial score (nSPS) is 19.1. The lowest BCUT2D eigenvalue weighted by Gasteiger charge is -2.18. The second-order valence-corrected chi connectivity index (χ2v) is 6.39. The third-order valence-electron chi connectivity index (χ3n) is 4.76. The van der Waals surface area contributed by atoms with Crippen molar-refractivity contribution < 1.29 is 4.74 Å². The number of nitrogens with one attached hydrogen (secondary N) is 1. The van der Waals surface area contributed by atoms with Crippen molar-refractivity contribution in [3.63, 3.8) is 0 Å². The summed E-state index contributed by atoms with van der Waals surface area (Å²) in [4.78, 5) is 5.01. The Bertz CT molecular complexity index is 449. The molecule has 4 heteroatoms. The predicted molar refractivity (Wildman–Crippen MR) is 84.6 cm³/mol. The number of imidazole rings is 1. The van der Waals surface area contributed by atoms with Gasteiger partial charge in [0.05, 0.1) is 5.69 Å². The summed E-state index contributed by atoms with van der Waals surface area (Å²) in [5.41, 5.74) is 2.80. The minimum Gasteiger partial charge on any atom is -0.381 e. The third kappa shape index (κ3) is 3.49. The largest absolute Gasteiger partial charge is 0.381 e. The zero-order chi connectivity index (χ0) is 14.5. The van der Waals surface area contributed by atoms with E-state index in [2.05, 4.69) is 16.8 Å².